The molecule has 2 atom stereocenters. The molecule has 0 aromatic carbocycles. The average molecular weight is 251 g/mol. The van der Waals surface area contributed by atoms with Gasteiger partial charge in [-0.25, -0.2) is 14.8 Å². The van der Waals surface area contributed by atoms with Crippen molar-refractivity contribution in [3.63, 3.8) is 0 Å². The molecule has 0 aliphatic carbocycles. The molecule has 0 radical (unpaired) electrons. The number of anilines is 1. The third-order valence-electron chi connectivity index (χ3n) is 3.52. The van der Waals surface area contributed by atoms with Crippen molar-refractivity contribution in [2.24, 2.45) is 5.92 Å². The Hall–Kier alpha value is -1.69. The summed E-state index contributed by atoms with van der Waals surface area (Å²) in [6.45, 7) is 4.59. The lowest BCUT2D eigenvalue weighted by Gasteiger charge is -2.25. The number of hydrogen-bond acceptors (Lipinski definition) is 5. The Bertz CT molecular complexity index is 464. The van der Waals surface area contributed by atoms with E-state index in [2.05, 4.69) is 16.9 Å². The smallest absolute Gasteiger partial charge is 0.339 e. The minimum Gasteiger partial charge on any atom is -0.478 e. The fourth-order valence-corrected chi connectivity index (χ4v) is 2.34. The summed E-state index contributed by atoms with van der Waals surface area (Å²) in [5.41, 5.74) is 0.565. The van der Waals surface area contributed by atoms with Crippen molar-refractivity contribution < 1.29 is 15.0 Å². The zero-order valence-electron chi connectivity index (χ0n) is 10.5. The van der Waals surface area contributed by atoms with E-state index in [1.54, 1.807) is 6.92 Å². The van der Waals surface area contributed by atoms with Crippen LogP contribution in [0.5, 0.6) is 0 Å². The highest BCUT2D eigenvalue weighted by Crippen LogP contribution is 2.27. The molecule has 1 aromatic heterocycles. The summed E-state index contributed by atoms with van der Waals surface area (Å²) in [6, 6.07) is 0.0140. The summed E-state index contributed by atoms with van der Waals surface area (Å²) in [6.07, 6.45) is 2.31. The van der Waals surface area contributed by atoms with Crippen LogP contribution in [0.1, 0.15) is 29.4 Å². The molecule has 2 rings (SSSR count). The molecule has 98 valence electrons. The van der Waals surface area contributed by atoms with Gasteiger partial charge in [0.2, 0.25) is 5.95 Å². The van der Waals surface area contributed by atoms with Gasteiger partial charge in [-0.1, -0.05) is 6.92 Å². The molecule has 1 aliphatic heterocycles. The number of rotatable bonds is 3. The van der Waals surface area contributed by atoms with Crippen molar-refractivity contribution in [3.8, 4) is 0 Å². The van der Waals surface area contributed by atoms with Crippen molar-refractivity contribution in [1.29, 1.82) is 0 Å². The van der Waals surface area contributed by atoms with Crippen LogP contribution in [0, 0.1) is 12.8 Å². The van der Waals surface area contributed by atoms with Gasteiger partial charge < -0.3 is 15.1 Å². The number of aromatic nitrogens is 2. The molecule has 1 saturated heterocycles. The van der Waals surface area contributed by atoms with Gasteiger partial charge in [0.1, 0.15) is 0 Å². The summed E-state index contributed by atoms with van der Waals surface area (Å²) in [5.74, 6) is -0.133. The number of hydrogen-bond donors (Lipinski definition) is 2. The van der Waals surface area contributed by atoms with Gasteiger partial charge in [0.15, 0.2) is 0 Å². The van der Waals surface area contributed by atoms with E-state index in [1.807, 2.05) is 4.90 Å². The second-order valence-corrected chi connectivity index (χ2v) is 4.68. The largest absolute Gasteiger partial charge is 0.478 e. The molecule has 1 fully saturated rings. The maximum atomic E-state index is 10.9. The zero-order valence-corrected chi connectivity index (χ0v) is 10.5. The summed E-state index contributed by atoms with van der Waals surface area (Å²) >= 11 is 0. The van der Waals surface area contributed by atoms with Crippen LogP contribution in [0.15, 0.2) is 6.20 Å². The number of aryl methyl sites for hydroxylation is 1. The van der Waals surface area contributed by atoms with Crippen LogP contribution in [0.2, 0.25) is 0 Å². The van der Waals surface area contributed by atoms with Gasteiger partial charge in [-0.05, 0) is 19.3 Å². The van der Waals surface area contributed by atoms with Crippen LogP contribution >= 0.6 is 0 Å². The van der Waals surface area contributed by atoms with Crippen LogP contribution in [0.3, 0.4) is 0 Å². The fraction of sp³-hybridized carbons (Fsp3) is 0.583. The molecule has 18 heavy (non-hydrogen) atoms. The van der Waals surface area contributed by atoms with Gasteiger partial charge in [0.25, 0.3) is 0 Å². The van der Waals surface area contributed by atoms with E-state index >= 15 is 0 Å². The van der Waals surface area contributed by atoms with Crippen LogP contribution in [-0.2, 0) is 0 Å². The average Bonchev–Trinajstić information content (AvgIpc) is 2.69. The number of carbonyl (C=O) groups is 1. The lowest BCUT2D eigenvalue weighted by atomic mass is 10.0. The topological polar surface area (TPSA) is 86.5 Å². The van der Waals surface area contributed by atoms with Crippen LogP contribution in [0.4, 0.5) is 5.95 Å². The van der Waals surface area contributed by atoms with E-state index in [1.165, 1.54) is 6.20 Å². The molecule has 6 heteroatoms. The molecule has 0 amide bonds. The Balaban J connectivity index is 2.29. The van der Waals surface area contributed by atoms with Crippen molar-refractivity contribution in [3.05, 3.63) is 17.5 Å². The highest BCUT2D eigenvalue weighted by Gasteiger charge is 2.32. The van der Waals surface area contributed by atoms with Crippen LogP contribution < -0.4 is 4.90 Å². The van der Waals surface area contributed by atoms with Crippen molar-refractivity contribution in [2.75, 3.05) is 18.1 Å². The van der Waals surface area contributed by atoms with Crippen LogP contribution in [0.25, 0.3) is 0 Å². The molecule has 2 N–H and O–H groups in total. The van der Waals surface area contributed by atoms with Gasteiger partial charge in [-0.15, -0.1) is 0 Å². The quantitative estimate of drug-likeness (QED) is 0.822. The first kappa shape index (κ1) is 12.8. The van der Waals surface area contributed by atoms with Gasteiger partial charge in [0.05, 0.1) is 23.9 Å². The predicted octanol–water partition coefficient (Wildman–Crippen LogP) is 0.690. The van der Waals surface area contributed by atoms with Crippen molar-refractivity contribution in [1.82, 2.24) is 9.97 Å². The Kier molecular flexibility index (Phi) is 3.47. The number of carboxylic acid groups (broad SMARTS) is 1. The molecule has 2 unspecified atom stereocenters. The number of aromatic carboxylic acids is 1. The number of carboxylic acids is 1. The Morgan fingerprint density at radius 3 is 2.89 bits per heavy atom. The van der Waals surface area contributed by atoms with Crippen LogP contribution in [-0.4, -0.2) is 45.3 Å². The van der Waals surface area contributed by atoms with E-state index < -0.39 is 5.97 Å². The zero-order chi connectivity index (χ0) is 13.3. The van der Waals surface area contributed by atoms with E-state index in [9.17, 15) is 9.90 Å². The predicted molar refractivity (Wildman–Crippen MR) is 65.7 cm³/mol. The lowest BCUT2D eigenvalue weighted by molar-refractivity contribution is 0.0695. The maximum absolute atomic E-state index is 10.9. The molecule has 0 saturated carbocycles. The van der Waals surface area contributed by atoms with Gasteiger partial charge in [0, 0.05) is 12.7 Å². The normalized spacial score (nSPS) is 23.4. The van der Waals surface area contributed by atoms with Crippen molar-refractivity contribution >= 4 is 11.9 Å². The monoisotopic (exact) mass is 251 g/mol. The fourth-order valence-electron chi connectivity index (χ4n) is 2.34. The van der Waals surface area contributed by atoms with E-state index in [-0.39, 0.29) is 18.2 Å². The molecular weight excluding hydrogens is 234 g/mol. The van der Waals surface area contributed by atoms with Crippen molar-refractivity contribution in [2.45, 2.75) is 26.3 Å². The summed E-state index contributed by atoms with van der Waals surface area (Å²) in [5, 5.41) is 18.3. The molecule has 1 aromatic rings. The minimum absolute atomic E-state index is 0.0140. The molecule has 1 aliphatic rings. The highest BCUT2D eigenvalue weighted by atomic mass is 16.4. The minimum atomic E-state index is -1.02. The summed E-state index contributed by atoms with van der Waals surface area (Å²) < 4.78 is 0. The Morgan fingerprint density at radius 2 is 2.33 bits per heavy atom. The number of aliphatic hydroxyl groups excluding tert-OH is 1. The summed E-state index contributed by atoms with van der Waals surface area (Å²) in [4.78, 5) is 21.2. The first-order chi connectivity index (χ1) is 8.54. The molecule has 0 spiro atoms. The first-order valence-corrected chi connectivity index (χ1v) is 5.99. The highest BCUT2D eigenvalue weighted by molar-refractivity contribution is 5.88. The Labute approximate surface area is 105 Å². The molecule has 0 bridgehead atoms. The number of aliphatic hydroxyl groups is 1. The maximum Gasteiger partial charge on any atom is 0.339 e. The molecule has 2 heterocycles. The van der Waals surface area contributed by atoms with Gasteiger partial charge in [-0.3, -0.25) is 0 Å². The van der Waals surface area contributed by atoms with E-state index in [0.29, 0.717) is 17.6 Å². The summed E-state index contributed by atoms with van der Waals surface area (Å²) in [7, 11) is 0. The SMILES string of the molecule is Cc1nc(N2CCC(C)C2CO)ncc1C(=O)O. The molecule has 6 nitrogen and oxygen atoms in total. The third-order valence-corrected chi connectivity index (χ3v) is 3.52. The Morgan fingerprint density at radius 1 is 1.61 bits per heavy atom. The second kappa shape index (κ2) is 4.89. The number of nitrogens with zero attached hydrogens (tertiary/aromatic N) is 3. The standard InChI is InChI=1S/C12H17N3O3/c1-7-3-4-15(10(7)6-16)12-13-5-9(11(17)18)8(2)14-12/h5,7,10,16H,3-4,6H2,1-2H3,(H,17,18). The van der Waals surface area contributed by atoms with E-state index in [4.69, 9.17) is 5.11 Å². The molecular formula is C12H17N3O3. The second-order valence-electron chi connectivity index (χ2n) is 4.68. The lowest BCUT2D eigenvalue weighted by Crippen LogP contribution is -2.36. The third kappa shape index (κ3) is 2.15. The van der Waals surface area contributed by atoms with Gasteiger partial charge >= 0.3 is 5.97 Å². The van der Waals surface area contributed by atoms with Gasteiger partial charge in [-0.2, -0.15) is 0 Å². The first-order valence-electron chi connectivity index (χ1n) is 5.99. The van der Waals surface area contributed by atoms with E-state index in [0.717, 1.165) is 13.0 Å².